The second-order valence-electron chi connectivity index (χ2n) is 9.47. The summed E-state index contributed by atoms with van der Waals surface area (Å²) >= 11 is 7.97. The molecule has 3 aromatic heterocycles. The minimum Gasteiger partial charge on any atom is -0.444 e. The summed E-state index contributed by atoms with van der Waals surface area (Å²) in [6.07, 6.45) is 5.42. The molecule has 0 aliphatic carbocycles. The number of carbonyl (C=O) groups excluding carboxylic acids is 1. The van der Waals surface area contributed by atoms with E-state index in [1.807, 2.05) is 49.6 Å². The summed E-state index contributed by atoms with van der Waals surface area (Å²) in [4.78, 5) is 31.1. The van der Waals surface area contributed by atoms with Crippen LogP contribution in [0.2, 0.25) is 5.15 Å². The minimum atomic E-state index is -0.504. The molecule has 0 aromatic carbocycles. The third kappa shape index (κ3) is 3.46. The average Bonchev–Trinajstić information content (AvgIpc) is 3.17. The van der Waals surface area contributed by atoms with Gasteiger partial charge in [0.05, 0.1) is 23.0 Å². The lowest BCUT2D eigenvalue weighted by atomic mass is 10.1. The van der Waals surface area contributed by atoms with Crippen molar-refractivity contribution >= 4 is 57.2 Å². The Hall–Kier alpha value is -2.26. The van der Waals surface area contributed by atoms with Gasteiger partial charge in [-0.2, -0.15) is 0 Å². The molecule has 0 saturated carbocycles. The molecule has 5 rings (SSSR count). The molecule has 2 aliphatic rings. The zero-order valence-corrected chi connectivity index (χ0v) is 20.5. The summed E-state index contributed by atoms with van der Waals surface area (Å²) in [5, 5.41) is 3.14. The van der Waals surface area contributed by atoms with E-state index in [0.29, 0.717) is 23.4 Å². The molecule has 0 N–H and O–H groups in total. The van der Waals surface area contributed by atoms with Crippen LogP contribution in [0.4, 0.5) is 10.6 Å². The lowest BCUT2D eigenvalue weighted by molar-refractivity contribution is 0.0123. The number of aryl methyl sites for hydroxylation is 1. The van der Waals surface area contributed by atoms with Gasteiger partial charge in [0.1, 0.15) is 17.1 Å². The number of carbonyl (C=O) groups is 1. The molecule has 0 spiro atoms. The van der Waals surface area contributed by atoms with Crippen molar-refractivity contribution in [3.8, 4) is 0 Å². The van der Waals surface area contributed by atoms with Gasteiger partial charge in [-0.15, -0.1) is 0 Å². The van der Waals surface area contributed by atoms with E-state index in [4.69, 9.17) is 26.3 Å². The highest BCUT2D eigenvalue weighted by molar-refractivity contribution is 7.98. The zero-order valence-electron chi connectivity index (χ0n) is 18.9. The van der Waals surface area contributed by atoms with Gasteiger partial charge < -0.3 is 14.2 Å². The van der Waals surface area contributed by atoms with Crippen LogP contribution in [0, 0.1) is 0 Å². The predicted octanol–water partition coefficient (Wildman–Crippen LogP) is 4.48. The van der Waals surface area contributed by atoms with Crippen molar-refractivity contribution in [3.63, 3.8) is 0 Å². The van der Waals surface area contributed by atoms with Crippen molar-refractivity contribution in [2.45, 2.75) is 56.5 Å². The molecule has 5 heterocycles. The largest absolute Gasteiger partial charge is 0.444 e. The molecule has 170 valence electrons. The Morgan fingerprint density at radius 1 is 1.22 bits per heavy atom. The van der Waals surface area contributed by atoms with Gasteiger partial charge in [0.15, 0.2) is 10.3 Å². The maximum atomic E-state index is 12.9. The van der Waals surface area contributed by atoms with E-state index < -0.39 is 5.60 Å². The fraction of sp³-hybridized carbons (Fsp3) is 0.545. The highest BCUT2D eigenvalue weighted by Crippen LogP contribution is 2.40. The zero-order chi connectivity index (χ0) is 22.8. The van der Waals surface area contributed by atoms with Crippen LogP contribution in [0.25, 0.3) is 21.9 Å². The quantitative estimate of drug-likeness (QED) is 0.308. The lowest BCUT2D eigenvalue weighted by Crippen LogP contribution is -2.57. The number of pyridine rings is 1. The number of aromatic nitrogens is 4. The number of rotatable bonds is 2. The average molecular weight is 475 g/mol. The van der Waals surface area contributed by atoms with Crippen LogP contribution in [0.3, 0.4) is 0 Å². The second kappa shape index (κ2) is 7.66. The molecule has 2 atom stereocenters. The number of nitrogens with zero attached hydrogens (tertiary/aromatic N) is 6. The molecule has 2 aliphatic heterocycles. The molecule has 0 radical (unpaired) electrons. The SMILES string of the molecule is CSc1nc(N2CC3CCC(C2)N3C(=O)OC(C)(C)C)c2c3ccnc(Cl)c3n(C)c2n1. The van der Waals surface area contributed by atoms with Crippen molar-refractivity contribution in [1.82, 2.24) is 24.4 Å². The fourth-order valence-corrected chi connectivity index (χ4v) is 5.61. The van der Waals surface area contributed by atoms with E-state index >= 15 is 0 Å². The summed E-state index contributed by atoms with van der Waals surface area (Å²) in [7, 11) is 1.96. The summed E-state index contributed by atoms with van der Waals surface area (Å²) in [5.74, 6) is 0.896. The van der Waals surface area contributed by atoms with Crippen LogP contribution >= 0.6 is 23.4 Å². The fourth-order valence-electron chi connectivity index (χ4n) is 4.97. The van der Waals surface area contributed by atoms with Crippen molar-refractivity contribution < 1.29 is 9.53 Å². The maximum absolute atomic E-state index is 12.9. The Labute approximate surface area is 196 Å². The van der Waals surface area contributed by atoms with Crippen molar-refractivity contribution in [1.29, 1.82) is 0 Å². The van der Waals surface area contributed by atoms with Gasteiger partial charge in [0.2, 0.25) is 0 Å². The Balaban J connectivity index is 1.58. The molecule has 2 saturated heterocycles. The topological polar surface area (TPSA) is 76.4 Å². The first-order valence-electron chi connectivity index (χ1n) is 10.8. The maximum Gasteiger partial charge on any atom is 0.410 e. The number of anilines is 1. The molecule has 8 nitrogen and oxygen atoms in total. The van der Waals surface area contributed by atoms with Crippen LogP contribution in [-0.4, -0.2) is 67.5 Å². The third-order valence-electron chi connectivity index (χ3n) is 6.22. The molecule has 2 fully saturated rings. The van der Waals surface area contributed by atoms with Crippen molar-refractivity contribution in [2.75, 3.05) is 24.2 Å². The normalized spacial score (nSPS) is 21.1. The highest BCUT2D eigenvalue weighted by atomic mass is 35.5. The Morgan fingerprint density at radius 3 is 2.53 bits per heavy atom. The second-order valence-corrected chi connectivity index (χ2v) is 10.6. The van der Waals surface area contributed by atoms with Gasteiger partial charge in [-0.25, -0.2) is 19.7 Å². The smallest absolute Gasteiger partial charge is 0.410 e. The molecule has 10 heteroatoms. The van der Waals surface area contributed by atoms with E-state index in [-0.39, 0.29) is 18.2 Å². The van der Waals surface area contributed by atoms with Crippen molar-refractivity contribution in [2.24, 2.45) is 7.05 Å². The van der Waals surface area contributed by atoms with E-state index in [9.17, 15) is 4.79 Å². The molecule has 2 bridgehead atoms. The molecule has 3 aromatic rings. The first-order chi connectivity index (χ1) is 15.2. The Bertz CT molecular complexity index is 1210. The number of hydrogen-bond acceptors (Lipinski definition) is 7. The number of amides is 1. The first-order valence-corrected chi connectivity index (χ1v) is 12.4. The third-order valence-corrected chi connectivity index (χ3v) is 7.05. The number of piperazine rings is 1. The highest BCUT2D eigenvalue weighted by Gasteiger charge is 2.45. The van der Waals surface area contributed by atoms with Crippen LogP contribution < -0.4 is 4.90 Å². The van der Waals surface area contributed by atoms with Gasteiger partial charge in [-0.1, -0.05) is 23.4 Å². The van der Waals surface area contributed by atoms with E-state index in [0.717, 1.165) is 40.6 Å². The molecular formula is C22H27ClN6O2S. The lowest BCUT2D eigenvalue weighted by Gasteiger charge is -2.42. The monoisotopic (exact) mass is 474 g/mol. The van der Waals surface area contributed by atoms with E-state index in [2.05, 4.69) is 9.88 Å². The van der Waals surface area contributed by atoms with Crippen LogP contribution in [0.15, 0.2) is 17.4 Å². The summed E-state index contributed by atoms with van der Waals surface area (Å²) in [5.41, 5.74) is 1.19. The molecule has 1 amide bonds. The minimum absolute atomic E-state index is 0.103. The number of halogens is 1. The predicted molar refractivity (Wildman–Crippen MR) is 128 cm³/mol. The van der Waals surface area contributed by atoms with Crippen molar-refractivity contribution in [3.05, 3.63) is 17.4 Å². The van der Waals surface area contributed by atoms with Gasteiger partial charge >= 0.3 is 6.09 Å². The van der Waals surface area contributed by atoms with Gasteiger partial charge in [0, 0.05) is 31.7 Å². The molecule has 2 unspecified atom stereocenters. The first kappa shape index (κ1) is 21.6. The summed E-state index contributed by atoms with van der Waals surface area (Å²) < 4.78 is 7.69. The number of hydrogen-bond donors (Lipinski definition) is 0. The Morgan fingerprint density at radius 2 is 1.91 bits per heavy atom. The van der Waals surface area contributed by atoms with Gasteiger partial charge in [0.25, 0.3) is 0 Å². The van der Waals surface area contributed by atoms with Crippen LogP contribution in [0.5, 0.6) is 0 Å². The summed E-state index contributed by atoms with van der Waals surface area (Å²) in [6, 6.07) is 2.18. The Kier molecular flexibility index (Phi) is 5.16. The van der Waals surface area contributed by atoms with Crippen LogP contribution in [0.1, 0.15) is 33.6 Å². The summed E-state index contributed by atoms with van der Waals surface area (Å²) in [6.45, 7) is 7.15. The number of fused-ring (bicyclic) bond motifs is 5. The molecule has 32 heavy (non-hydrogen) atoms. The number of ether oxygens (including phenoxy) is 1. The van der Waals surface area contributed by atoms with E-state index in [1.54, 1.807) is 6.20 Å². The number of thioether (sulfide) groups is 1. The van der Waals surface area contributed by atoms with Gasteiger partial charge in [-0.05, 0) is 45.9 Å². The van der Waals surface area contributed by atoms with Gasteiger partial charge in [-0.3, -0.25) is 4.90 Å². The van der Waals surface area contributed by atoms with Crippen LogP contribution in [-0.2, 0) is 11.8 Å². The molecular weight excluding hydrogens is 448 g/mol. The van der Waals surface area contributed by atoms with E-state index in [1.165, 1.54) is 11.8 Å². The standard InChI is InChI=1S/C22H27ClN6O2S/c1-22(2,3)31-21(30)29-12-6-7-13(29)11-28(10-12)19-15-14-8-9-24-17(23)16(14)27(4)18(15)25-20(26-19)32-5/h8-9,12-13H,6-7,10-11H2,1-5H3.